The first kappa shape index (κ1) is 31.4. The summed E-state index contributed by atoms with van der Waals surface area (Å²) >= 11 is 0. The highest BCUT2D eigenvalue weighted by molar-refractivity contribution is 7.83. The van der Waals surface area contributed by atoms with Crippen molar-refractivity contribution >= 4 is 22.1 Å². The maximum absolute atomic E-state index is 13.1. The van der Waals surface area contributed by atoms with Gasteiger partial charge < -0.3 is 4.74 Å². The molecule has 0 radical (unpaired) electrons. The normalized spacial score (nSPS) is 18.5. The Bertz CT molecular complexity index is 1500. The van der Waals surface area contributed by atoms with Crippen LogP contribution in [-0.4, -0.2) is 28.0 Å². The Labute approximate surface area is 245 Å². The molecule has 4 unspecified atom stereocenters. The quantitative estimate of drug-likeness (QED) is 0.209. The van der Waals surface area contributed by atoms with E-state index in [1.165, 1.54) is 18.3 Å². The lowest BCUT2D eigenvalue weighted by molar-refractivity contribution is -0.146. The van der Waals surface area contributed by atoms with Gasteiger partial charge in [0.05, 0.1) is 10.6 Å². The van der Waals surface area contributed by atoms with Crippen LogP contribution >= 0.6 is 0 Å². The molecule has 1 heterocycles. The zero-order chi connectivity index (χ0) is 30.4. The van der Waals surface area contributed by atoms with Crippen molar-refractivity contribution in [2.45, 2.75) is 75.6 Å². The fraction of sp³-hybridized carbons (Fsp3) is 0.344. The molecule has 0 spiro atoms. The van der Waals surface area contributed by atoms with Gasteiger partial charge in [-0.3, -0.25) is 4.98 Å². The highest BCUT2D eigenvalue weighted by Crippen LogP contribution is 2.48. The van der Waals surface area contributed by atoms with E-state index in [4.69, 9.17) is 4.74 Å². The number of pyridine rings is 1. The zero-order valence-corrected chi connectivity index (χ0v) is 24.2. The standard InChI is InChI=1S/C32H31F5N2O2S/c1-4-5-7-12-25-26-15-13-23(41-31(33)34)17-28(26)20(2)27(22-10-8-6-9-11-22)18-29(25)30-16-14-24(19-38-30)42(40)39-21(3)32(35,36)37/h6,8-11,13-17,19-21,27,31,39H,4-5,18H2,1-3H3. The molecule has 3 aromatic rings. The molecule has 4 rings (SSSR count). The molecule has 222 valence electrons. The fourth-order valence-corrected chi connectivity index (χ4v) is 5.85. The number of rotatable bonds is 8. The minimum absolute atomic E-state index is 0.0530. The van der Waals surface area contributed by atoms with Gasteiger partial charge in [-0.2, -0.15) is 22.0 Å². The van der Waals surface area contributed by atoms with Crippen molar-refractivity contribution in [2.24, 2.45) is 0 Å². The van der Waals surface area contributed by atoms with Crippen molar-refractivity contribution in [3.63, 3.8) is 0 Å². The minimum Gasteiger partial charge on any atom is -0.435 e. The molecule has 1 aliphatic carbocycles. The first-order valence-corrected chi connectivity index (χ1v) is 14.7. The third kappa shape index (κ3) is 7.44. The average Bonchev–Trinajstić information content (AvgIpc) is 3.07. The summed E-state index contributed by atoms with van der Waals surface area (Å²) in [5, 5.41) is 0. The van der Waals surface area contributed by atoms with Crippen LogP contribution < -0.4 is 9.46 Å². The van der Waals surface area contributed by atoms with Crippen LogP contribution in [0.4, 0.5) is 22.0 Å². The maximum Gasteiger partial charge on any atom is 0.404 e. The molecule has 42 heavy (non-hydrogen) atoms. The molecule has 1 aromatic heterocycles. The predicted molar refractivity (Wildman–Crippen MR) is 154 cm³/mol. The smallest absolute Gasteiger partial charge is 0.404 e. The number of allylic oxidation sites excluding steroid dienone is 2. The zero-order valence-electron chi connectivity index (χ0n) is 23.3. The third-order valence-electron chi connectivity index (χ3n) is 7.19. The summed E-state index contributed by atoms with van der Waals surface area (Å²) in [6.45, 7) is 1.99. The Morgan fingerprint density at radius 3 is 2.48 bits per heavy atom. The number of hydrogen-bond acceptors (Lipinski definition) is 3. The van der Waals surface area contributed by atoms with Gasteiger partial charge in [0.2, 0.25) is 0 Å². The van der Waals surface area contributed by atoms with E-state index in [-0.39, 0.29) is 22.5 Å². The Kier molecular flexibility index (Phi) is 10.2. The number of aromatic nitrogens is 1. The summed E-state index contributed by atoms with van der Waals surface area (Å²) in [6.07, 6.45) is -1.26. The molecular weight excluding hydrogens is 571 g/mol. The van der Waals surface area contributed by atoms with Crippen LogP contribution in [-0.2, 0) is 11.0 Å². The molecular formula is C32H31F5N2O2S. The van der Waals surface area contributed by atoms with Crippen LogP contribution in [0.25, 0.3) is 11.1 Å². The van der Waals surface area contributed by atoms with E-state index in [1.54, 1.807) is 18.2 Å². The highest BCUT2D eigenvalue weighted by atomic mass is 32.2. The Morgan fingerprint density at radius 1 is 1.12 bits per heavy atom. The van der Waals surface area contributed by atoms with Gasteiger partial charge in [0.25, 0.3) is 0 Å². The average molecular weight is 603 g/mol. The van der Waals surface area contributed by atoms with E-state index in [2.05, 4.69) is 21.5 Å². The number of halogens is 5. The van der Waals surface area contributed by atoms with Gasteiger partial charge in [0.15, 0.2) is 0 Å². The lowest BCUT2D eigenvalue weighted by Gasteiger charge is -2.25. The fourth-order valence-electron chi connectivity index (χ4n) is 4.92. The molecule has 1 N–H and O–H groups in total. The van der Waals surface area contributed by atoms with Gasteiger partial charge >= 0.3 is 12.8 Å². The van der Waals surface area contributed by atoms with Gasteiger partial charge in [-0.05, 0) is 84.2 Å². The summed E-state index contributed by atoms with van der Waals surface area (Å²) in [7, 11) is -2.13. The van der Waals surface area contributed by atoms with Crippen LogP contribution in [0.3, 0.4) is 0 Å². The van der Waals surface area contributed by atoms with Crippen LogP contribution in [0, 0.1) is 11.8 Å². The van der Waals surface area contributed by atoms with E-state index in [9.17, 15) is 26.2 Å². The summed E-state index contributed by atoms with van der Waals surface area (Å²) in [5.41, 5.74) is 4.65. The van der Waals surface area contributed by atoms with E-state index in [0.29, 0.717) is 24.1 Å². The van der Waals surface area contributed by atoms with Crippen molar-refractivity contribution < 1.29 is 30.9 Å². The van der Waals surface area contributed by atoms with Crippen LogP contribution in [0.15, 0.2) is 71.8 Å². The summed E-state index contributed by atoms with van der Waals surface area (Å²) in [6, 6.07) is 15.8. The topological polar surface area (TPSA) is 51.2 Å². The predicted octanol–water partition coefficient (Wildman–Crippen LogP) is 8.25. The monoisotopic (exact) mass is 602 g/mol. The van der Waals surface area contributed by atoms with E-state index in [0.717, 1.165) is 35.6 Å². The van der Waals surface area contributed by atoms with Gasteiger partial charge in [0, 0.05) is 18.2 Å². The summed E-state index contributed by atoms with van der Waals surface area (Å²) in [4.78, 5) is 4.63. The number of unbranched alkanes of at least 4 members (excludes halogenated alkanes) is 1. The third-order valence-corrected chi connectivity index (χ3v) is 8.43. The second kappa shape index (κ2) is 13.6. The molecule has 0 bridgehead atoms. The molecule has 0 amide bonds. The molecule has 4 atom stereocenters. The lowest BCUT2D eigenvalue weighted by Crippen LogP contribution is -2.40. The number of nitrogens with zero attached hydrogens (tertiary/aromatic N) is 1. The van der Waals surface area contributed by atoms with Crippen LogP contribution in [0.2, 0.25) is 0 Å². The van der Waals surface area contributed by atoms with Crippen molar-refractivity contribution in [2.75, 3.05) is 0 Å². The first-order valence-electron chi connectivity index (χ1n) is 13.6. The largest absolute Gasteiger partial charge is 0.435 e. The number of alkyl halides is 5. The lowest BCUT2D eigenvalue weighted by atomic mass is 9.79. The number of ether oxygens (including phenoxy) is 1. The highest BCUT2D eigenvalue weighted by Gasteiger charge is 2.37. The molecule has 4 nitrogen and oxygen atoms in total. The van der Waals surface area contributed by atoms with Crippen LogP contribution in [0.1, 0.15) is 74.3 Å². The molecule has 0 saturated heterocycles. The molecule has 0 fully saturated rings. The Morgan fingerprint density at radius 2 is 1.86 bits per heavy atom. The second-order valence-corrected chi connectivity index (χ2v) is 11.3. The minimum atomic E-state index is -4.54. The van der Waals surface area contributed by atoms with E-state index in [1.807, 2.05) is 44.2 Å². The Balaban J connectivity index is 1.86. The van der Waals surface area contributed by atoms with Gasteiger partial charge in [-0.25, -0.2) is 8.93 Å². The summed E-state index contributed by atoms with van der Waals surface area (Å²) in [5.74, 6) is 6.35. The first-order chi connectivity index (χ1) is 20.0. The number of fused-ring (bicyclic) bond motifs is 1. The molecule has 1 aliphatic rings. The molecule has 0 saturated carbocycles. The van der Waals surface area contributed by atoms with Gasteiger partial charge in [-0.1, -0.05) is 56.0 Å². The maximum atomic E-state index is 13.1. The number of hydrogen-bond donors (Lipinski definition) is 1. The van der Waals surface area contributed by atoms with Crippen LogP contribution in [0.5, 0.6) is 5.75 Å². The van der Waals surface area contributed by atoms with Crippen molar-refractivity contribution in [1.82, 2.24) is 9.71 Å². The summed E-state index contributed by atoms with van der Waals surface area (Å²) < 4.78 is 84.6. The van der Waals surface area contributed by atoms with Gasteiger partial charge in [0.1, 0.15) is 22.8 Å². The van der Waals surface area contributed by atoms with Gasteiger partial charge in [-0.15, -0.1) is 0 Å². The Hall–Kier alpha value is -3.55. The molecule has 2 aromatic carbocycles. The second-order valence-electron chi connectivity index (χ2n) is 10.1. The van der Waals surface area contributed by atoms with Crippen molar-refractivity contribution in [3.05, 3.63) is 89.2 Å². The number of benzene rings is 2. The molecule has 10 heteroatoms. The molecule has 0 aliphatic heterocycles. The SMILES string of the molecule is CCCC#CC1=C(c2ccc(S(=O)NC(C)C(F)(F)F)cn2)CC(c2ccccc2)C(C)c2cc(OC(F)F)ccc21. The number of nitrogens with one attached hydrogen (secondary N) is 1. The van der Waals surface area contributed by atoms with E-state index < -0.39 is 29.8 Å². The van der Waals surface area contributed by atoms with E-state index >= 15 is 0 Å². The van der Waals surface area contributed by atoms with Crippen molar-refractivity contribution in [3.8, 4) is 17.6 Å². The van der Waals surface area contributed by atoms with Crippen molar-refractivity contribution in [1.29, 1.82) is 0 Å².